The van der Waals surface area contributed by atoms with E-state index in [1.807, 2.05) is 37.3 Å². The Kier molecular flexibility index (Phi) is 3.53. The lowest BCUT2D eigenvalue weighted by Gasteiger charge is -2.27. The van der Waals surface area contributed by atoms with Crippen molar-refractivity contribution < 1.29 is 14.3 Å². The number of benzene rings is 2. The van der Waals surface area contributed by atoms with Gasteiger partial charge in [-0.2, -0.15) is 10.2 Å². The summed E-state index contributed by atoms with van der Waals surface area (Å²) in [5.41, 5.74) is 3.15. The van der Waals surface area contributed by atoms with Crippen molar-refractivity contribution in [2.45, 2.75) is 24.8 Å². The van der Waals surface area contributed by atoms with E-state index in [-0.39, 0.29) is 11.7 Å². The summed E-state index contributed by atoms with van der Waals surface area (Å²) in [6.07, 6.45) is 0.525. The topological polar surface area (TPSA) is 68.1 Å². The molecule has 2 atom stereocenters. The zero-order chi connectivity index (χ0) is 17.6. The molecule has 1 aliphatic heterocycles. The number of fused-ring (bicyclic) bond motifs is 1. The van der Waals surface area contributed by atoms with Gasteiger partial charge in [-0.3, -0.25) is 4.79 Å². The highest BCUT2D eigenvalue weighted by Gasteiger charge is 2.55. The molecule has 0 saturated heterocycles. The third-order valence-corrected chi connectivity index (χ3v) is 5.33. The predicted octanol–water partition coefficient (Wildman–Crippen LogP) is 3.51. The van der Waals surface area contributed by atoms with Crippen LogP contribution in [0.4, 0.5) is 0 Å². The van der Waals surface area contributed by atoms with Gasteiger partial charge in [0.25, 0.3) is 0 Å². The van der Waals surface area contributed by atoms with Crippen molar-refractivity contribution in [2.24, 2.45) is 10.2 Å². The number of hydrogen-bond donors (Lipinski definition) is 0. The number of rotatable bonds is 2. The number of Topliss-reactive ketones (excluding diaryl/α,β-unsaturated/α-hetero) is 1. The molecule has 0 radical (unpaired) electrons. The first-order chi connectivity index (χ1) is 12.1. The minimum atomic E-state index is -0.946. The Hall–Kier alpha value is -2.82. The van der Waals surface area contributed by atoms with Gasteiger partial charge in [0, 0.05) is 17.9 Å². The second-order valence-corrected chi connectivity index (χ2v) is 6.59. The van der Waals surface area contributed by atoms with Crippen LogP contribution >= 0.6 is 0 Å². The van der Waals surface area contributed by atoms with Gasteiger partial charge in [-0.1, -0.05) is 36.4 Å². The minimum Gasteiger partial charge on any atom is -0.465 e. The van der Waals surface area contributed by atoms with E-state index in [4.69, 9.17) is 4.74 Å². The maximum Gasteiger partial charge on any atom is 0.338 e. The zero-order valence-corrected chi connectivity index (χ0v) is 14.2. The molecule has 2 aliphatic rings. The van der Waals surface area contributed by atoms with Crippen LogP contribution in [0, 0.1) is 6.92 Å². The normalized spacial score (nSPS) is 23.9. The van der Waals surface area contributed by atoms with Crippen molar-refractivity contribution in [3.63, 3.8) is 0 Å². The van der Waals surface area contributed by atoms with Crippen LogP contribution in [0.5, 0.6) is 0 Å². The number of carbonyl (C=O) groups is 2. The molecule has 1 heterocycles. The number of ketones is 1. The van der Waals surface area contributed by atoms with Gasteiger partial charge in [0.2, 0.25) is 0 Å². The molecular weight excluding hydrogens is 316 g/mol. The fourth-order valence-corrected chi connectivity index (χ4v) is 4.02. The molecular formula is C20H18N2O3. The summed E-state index contributed by atoms with van der Waals surface area (Å²) < 4.78 is 4.91. The van der Waals surface area contributed by atoms with E-state index < -0.39 is 11.5 Å². The molecule has 4 rings (SSSR count). The van der Waals surface area contributed by atoms with Gasteiger partial charge >= 0.3 is 5.97 Å². The van der Waals surface area contributed by atoms with E-state index in [1.54, 1.807) is 12.1 Å². The lowest BCUT2D eigenvalue weighted by Crippen LogP contribution is -2.39. The van der Waals surface area contributed by atoms with Crippen LogP contribution in [-0.2, 0) is 11.2 Å². The van der Waals surface area contributed by atoms with Crippen LogP contribution < -0.4 is 0 Å². The monoisotopic (exact) mass is 334 g/mol. The molecule has 0 saturated carbocycles. The van der Waals surface area contributed by atoms with Crippen LogP contribution in [0.3, 0.4) is 0 Å². The van der Waals surface area contributed by atoms with E-state index in [9.17, 15) is 9.59 Å². The highest BCUT2D eigenvalue weighted by molar-refractivity contribution is 6.09. The number of hydrogen-bond acceptors (Lipinski definition) is 5. The van der Waals surface area contributed by atoms with Gasteiger partial charge in [-0.05, 0) is 29.7 Å². The summed E-state index contributed by atoms with van der Waals surface area (Å²) in [7, 11) is 1.36. The van der Waals surface area contributed by atoms with Crippen molar-refractivity contribution in [1.82, 2.24) is 0 Å². The first-order valence-electron chi connectivity index (χ1n) is 8.27. The molecule has 0 N–H and O–H groups in total. The van der Waals surface area contributed by atoms with E-state index in [0.717, 1.165) is 22.3 Å². The van der Waals surface area contributed by atoms with Crippen molar-refractivity contribution in [3.8, 4) is 0 Å². The largest absolute Gasteiger partial charge is 0.465 e. The molecule has 1 aliphatic carbocycles. The van der Waals surface area contributed by atoms with Crippen molar-refractivity contribution >= 4 is 11.8 Å². The fraction of sp³-hybridized carbons (Fsp3) is 0.300. The molecule has 0 amide bonds. The summed E-state index contributed by atoms with van der Waals surface area (Å²) in [5, 5.41) is 8.63. The smallest absolute Gasteiger partial charge is 0.338 e. The second-order valence-electron chi connectivity index (χ2n) is 6.59. The molecule has 0 bridgehead atoms. The molecule has 25 heavy (non-hydrogen) atoms. The summed E-state index contributed by atoms with van der Waals surface area (Å²) in [5.74, 6) is -0.670. The number of esters is 1. The van der Waals surface area contributed by atoms with Crippen molar-refractivity contribution in [1.29, 1.82) is 0 Å². The lowest BCUT2D eigenvalue weighted by molar-refractivity contribution is 0.0597. The summed E-state index contributed by atoms with van der Waals surface area (Å²) in [6, 6.07) is 13.0. The van der Waals surface area contributed by atoms with Crippen LogP contribution in [0.15, 0.2) is 52.7 Å². The number of carbonyl (C=O) groups excluding carboxylic acids is 2. The van der Waals surface area contributed by atoms with Gasteiger partial charge in [0.05, 0.1) is 19.2 Å². The molecule has 0 unspecified atom stereocenters. The SMILES string of the molecule is COC(=O)c1ccccc1[C@H]1CN=N[C@@]12Cc1c(C)cccc1C2=O. The van der Waals surface area contributed by atoms with Gasteiger partial charge in [0.15, 0.2) is 11.3 Å². The maximum atomic E-state index is 13.2. The highest BCUT2D eigenvalue weighted by Crippen LogP contribution is 2.47. The Morgan fingerprint density at radius 3 is 2.76 bits per heavy atom. The van der Waals surface area contributed by atoms with Crippen molar-refractivity contribution in [3.05, 3.63) is 70.3 Å². The molecule has 2 aromatic carbocycles. The predicted molar refractivity (Wildman–Crippen MR) is 92.2 cm³/mol. The van der Waals surface area contributed by atoms with E-state index in [1.165, 1.54) is 7.11 Å². The van der Waals surface area contributed by atoms with Crippen LogP contribution in [0.2, 0.25) is 0 Å². The molecule has 5 heteroatoms. The van der Waals surface area contributed by atoms with E-state index in [2.05, 4.69) is 10.2 Å². The highest BCUT2D eigenvalue weighted by atomic mass is 16.5. The molecule has 0 fully saturated rings. The summed E-state index contributed by atoms with van der Waals surface area (Å²) >= 11 is 0. The summed E-state index contributed by atoms with van der Waals surface area (Å²) in [4.78, 5) is 25.4. The molecule has 0 aromatic heterocycles. The quantitative estimate of drug-likeness (QED) is 0.789. The summed E-state index contributed by atoms with van der Waals surface area (Å²) in [6.45, 7) is 2.40. The maximum absolute atomic E-state index is 13.2. The average molecular weight is 334 g/mol. The first-order valence-corrected chi connectivity index (χ1v) is 8.27. The van der Waals surface area contributed by atoms with Gasteiger partial charge in [-0.25, -0.2) is 4.79 Å². The fourth-order valence-electron chi connectivity index (χ4n) is 4.02. The van der Waals surface area contributed by atoms with Crippen LogP contribution in [0.25, 0.3) is 0 Å². The Morgan fingerprint density at radius 1 is 1.20 bits per heavy atom. The number of nitrogens with zero attached hydrogens (tertiary/aromatic N) is 2. The lowest BCUT2D eigenvalue weighted by atomic mass is 9.76. The van der Waals surface area contributed by atoms with Crippen LogP contribution in [0.1, 0.15) is 43.3 Å². The average Bonchev–Trinajstić information content (AvgIpc) is 3.18. The Balaban J connectivity index is 1.84. The minimum absolute atomic E-state index is 0.00267. The first kappa shape index (κ1) is 15.7. The third-order valence-electron chi connectivity index (χ3n) is 5.33. The molecule has 5 nitrogen and oxygen atoms in total. The van der Waals surface area contributed by atoms with E-state index in [0.29, 0.717) is 18.5 Å². The Labute approximate surface area is 145 Å². The number of aryl methyl sites for hydroxylation is 1. The molecule has 2 aromatic rings. The van der Waals surface area contributed by atoms with E-state index >= 15 is 0 Å². The van der Waals surface area contributed by atoms with Crippen molar-refractivity contribution in [2.75, 3.05) is 13.7 Å². The van der Waals surface area contributed by atoms with Gasteiger partial charge in [-0.15, -0.1) is 0 Å². The van der Waals surface area contributed by atoms with Gasteiger partial charge in [0.1, 0.15) is 0 Å². The standard InChI is InChI=1S/C20H18N2O3/c1-12-6-5-9-14-16(12)10-20(18(14)23)17(11-21-22-20)13-7-3-4-8-15(13)19(24)25-2/h3-9,17H,10-11H2,1-2H3/t17-,20+/m1/s1. The Bertz CT molecular complexity index is 919. The molecule has 126 valence electrons. The number of methoxy groups -OCH3 is 1. The number of ether oxygens (including phenoxy) is 1. The third kappa shape index (κ3) is 2.15. The zero-order valence-electron chi connectivity index (χ0n) is 14.2. The second kappa shape index (κ2) is 5.62. The number of azo groups is 1. The van der Waals surface area contributed by atoms with Crippen LogP contribution in [-0.4, -0.2) is 30.9 Å². The van der Waals surface area contributed by atoms with Gasteiger partial charge < -0.3 is 4.74 Å². The molecule has 1 spiro atoms. The Morgan fingerprint density at radius 2 is 2.00 bits per heavy atom.